The molecule has 120 valence electrons. The SMILES string of the molecule is CN(C)C1CCN(CCNC(=O)Cc2ccccc2F)C1=O. The Morgan fingerprint density at radius 2 is 2.14 bits per heavy atom. The zero-order chi connectivity index (χ0) is 16.1. The summed E-state index contributed by atoms with van der Waals surface area (Å²) in [6.07, 6.45) is 0.829. The average Bonchev–Trinajstić information content (AvgIpc) is 2.83. The molecule has 0 aliphatic carbocycles. The van der Waals surface area contributed by atoms with Gasteiger partial charge in [-0.05, 0) is 32.1 Å². The molecular formula is C16H22FN3O2. The van der Waals surface area contributed by atoms with Gasteiger partial charge in [0, 0.05) is 19.6 Å². The van der Waals surface area contributed by atoms with E-state index in [1.807, 2.05) is 19.0 Å². The summed E-state index contributed by atoms with van der Waals surface area (Å²) in [6, 6.07) is 6.18. The van der Waals surface area contributed by atoms with Crippen molar-refractivity contribution in [2.45, 2.75) is 18.9 Å². The molecule has 22 heavy (non-hydrogen) atoms. The van der Waals surface area contributed by atoms with E-state index in [-0.39, 0.29) is 30.1 Å². The van der Waals surface area contributed by atoms with Crippen molar-refractivity contribution in [2.75, 3.05) is 33.7 Å². The predicted octanol–water partition coefficient (Wildman–Crippen LogP) is 0.647. The summed E-state index contributed by atoms with van der Waals surface area (Å²) >= 11 is 0. The molecule has 0 aromatic heterocycles. The third kappa shape index (κ3) is 4.04. The lowest BCUT2D eigenvalue weighted by molar-refractivity contribution is -0.131. The van der Waals surface area contributed by atoms with Crippen LogP contribution in [0.15, 0.2) is 24.3 Å². The van der Waals surface area contributed by atoms with E-state index in [9.17, 15) is 14.0 Å². The highest BCUT2D eigenvalue weighted by molar-refractivity contribution is 5.84. The highest BCUT2D eigenvalue weighted by atomic mass is 19.1. The average molecular weight is 307 g/mol. The minimum absolute atomic E-state index is 0.0148. The van der Waals surface area contributed by atoms with Crippen molar-refractivity contribution in [2.24, 2.45) is 0 Å². The van der Waals surface area contributed by atoms with Crippen LogP contribution in [0.25, 0.3) is 0 Å². The van der Waals surface area contributed by atoms with E-state index in [2.05, 4.69) is 5.32 Å². The Hall–Kier alpha value is -1.95. The van der Waals surface area contributed by atoms with E-state index in [0.29, 0.717) is 25.2 Å². The molecule has 2 rings (SSSR count). The van der Waals surface area contributed by atoms with Gasteiger partial charge in [0.15, 0.2) is 0 Å². The quantitative estimate of drug-likeness (QED) is 0.839. The summed E-state index contributed by atoms with van der Waals surface area (Å²) in [5.74, 6) is -0.504. The molecule has 2 amide bonds. The molecule has 1 N–H and O–H groups in total. The lowest BCUT2D eigenvalue weighted by atomic mass is 10.1. The smallest absolute Gasteiger partial charge is 0.240 e. The third-order valence-electron chi connectivity index (χ3n) is 3.91. The number of hydrogen-bond acceptors (Lipinski definition) is 3. The normalized spacial score (nSPS) is 18.1. The maximum absolute atomic E-state index is 13.5. The number of halogens is 1. The second kappa shape index (κ2) is 7.35. The van der Waals surface area contributed by atoms with Crippen molar-refractivity contribution in [3.8, 4) is 0 Å². The second-order valence-electron chi connectivity index (χ2n) is 5.71. The molecule has 1 aliphatic rings. The molecule has 1 fully saturated rings. The monoisotopic (exact) mass is 307 g/mol. The first-order valence-electron chi connectivity index (χ1n) is 7.44. The van der Waals surface area contributed by atoms with Gasteiger partial charge in [-0.25, -0.2) is 4.39 Å². The molecule has 6 heteroatoms. The summed E-state index contributed by atoms with van der Waals surface area (Å²) in [7, 11) is 3.78. The van der Waals surface area contributed by atoms with E-state index >= 15 is 0 Å². The van der Waals surface area contributed by atoms with Crippen molar-refractivity contribution in [3.05, 3.63) is 35.6 Å². The number of carbonyl (C=O) groups is 2. The number of amides is 2. The Morgan fingerprint density at radius 1 is 1.41 bits per heavy atom. The molecule has 1 aromatic rings. The molecule has 1 aliphatic heterocycles. The third-order valence-corrected chi connectivity index (χ3v) is 3.91. The van der Waals surface area contributed by atoms with Crippen molar-refractivity contribution >= 4 is 11.8 Å². The van der Waals surface area contributed by atoms with Crippen molar-refractivity contribution in [1.82, 2.24) is 15.1 Å². The van der Waals surface area contributed by atoms with Crippen LogP contribution >= 0.6 is 0 Å². The number of likely N-dealkylation sites (tertiary alicyclic amines) is 1. The fraction of sp³-hybridized carbons (Fsp3) is 0.500. The Morgan fingerprint density at radius 3 is 2.77 bits per heavy atom. The largest absolute Gasteiger partial charge is 0.354 e. The van der Waals surface area contributed by atoms with Gasteiger partial charge in [-0.3, -0.25) is 14.5 Å². The van der Waals surface area contributed by atoms with Gasteiger partial charge >= 0.3 is 0 Å². The Bertz CT molecular complexity index is 548. The van der Waals surface area contributed by atoms with Crippen LogP contribution in [0, 0.1) is 5.82 Å². The van der Waals surface area contributed by atoms with Crippen LogP contribution in [0.4, 0.5) is 4.39 Å². The standard InChI is InChI=1S/C16H22FN3O2/c1-19(2)14-7-9-20(16(14)22)10-8-18-15(21)11-12-5-3-4-6-13(12)17/h3-6,14H,7-11H2,1-2H3,(H,18,21). The zero-order valence-electron chi connectivity index (χ0n) is 13.0. The van der Waals surface area contributed by atoms with Crippen molar-refractivity contribution < 1.29 is 14.0 Å². The van der Waals surface area contributed by atoms with E-state index in [0.717, 1.165) is 6.42 Å². The van der Waals surface area contributed by atoms with Crippen LogP contribution in [-0.4, -0.2) is 61.4 Å². The predicted molar refractivity (Wildman–Crippen MR) is 81.8 cm³/mol. The number of rotatable bonds is 6. The maximum atomic E-state index is 13.5. The highest BCUT2D eigenvalue weighted by Crippen LogP contribution is 2.14. The molecule has 5 nitrogen and oxygen atoms in total. The number of hydrogen-bond donors (Lipinski definition) is 1. The zero-order valence-corrected chi connectivity index (χ0v) is 13.0. The fourth-order valence-corrected chi connectivity index (χ4v) is 2.63. The van der Waals surface area contributed by atoms with Crippen molar-refractivity contribution in [1.29, 1.82) is 0 Å². The molecule has 0 bridgehead atoms. The molecular weight excluding hydrogens is 285 g/mol. The molecule has 1 heterocycles. The lowest BCUT2D eigenvalue weighted by Gasteiger charge is -2.20. The first kappa shape index (κ1) is 16.4. The van der Waals surface area contributed by atoms with Crippen LogP contribution in [0.3, 0.4) is 0 Å². The second-order valence-corrected chi connectivity index (χ2v) is 5.71. The Balaban J connectivity index is 1.74. The summed E-state index contributed by atoms with van der Waals surface area (Å²) in [5, 5.41) is 2.74. The van der Waals surface area contributed by atoms with Gasteiger partial charge in [0.05, 0.1) is 12.5 Å². The van der Waals surface area contributed by atoms with Gasteiger partial charge in [0.25, 0.3) is 0 Å². The van der Waals surface area contributed by atoms with Gasteiger partial charge in [-0.2, -0.15) is 0 Å². The molecule has 0 saturated carbocycles. The van der Waals surface area contributed by atoms with Crippen molar-refractivity contribution in [3.63, 3.8) is 0 Å². The van der Waals surface area contributed by atoms with Crippen LogP contribution in [0.5, 0.6) is 0 Å². The molecule has 0 spiro atoms. The Kier molecular flexibility index (Phi) is 5.49. The van der Waals surface area contributed by atoms with Gasteiger partial charge in [-0.15, -0.1) is 0 Å². The first-order chi connectivity index (χ1) is 10.5. The number of likely N-dealkylation sites (N-methyl/N-ethyl adjacent to an activating group) is 1. The number of nitrogens with one attached hydrogen (secondary N) is 1. The molecule has 1 atom stereocenters. The van der Waals surface area contributed by atoms with Crippen LogP contribution in [0.2, 0.25) is 0 Å². The molecule has 1 aromatic carbocycles. The van der Waals surface area contributed by atoms with Crippen LogP contribution < -0.4 is 5.32 Å². The summed E-state index contributed by atoms with van der Waals surface area (Å²) in [6.45, 7) is 1.59. The number of benzene rings is 1. The van der Waals surface area contributed by atoms with E-state index in [1.54, 1.807) is 23.1 Å². The van der Waals surface area contributed by atoms with Crippen LogP contribution in [-0.2, 0) is 16.0 Å². The minimum atomic E-state index is -0.374. The van der Waals surface area contributed by atoms with E-state index in [4.69, 9.17) is 0 Å². The molecule has 1 saturated heterocycles. The molecule has 0 radical (unpaired) electrons. The van der Waals surface area contributed by atoms with Gasteiger partial charge in [0.1, 0.15) is 5.82 Å². The number of nitrogens with zero attached hydrogens (tertiary/aromatic N) is 2. The minimum Gasteiger partial charge on any atom is -0.354 e. The highest BCUT2D eigenvalue weighted by Gasteiger charge is 2.32. The van der Waals surface area contributed by atoms with Gasteiger partial charge in [-0.1, -0.05) is 18.2 Å². The maximum Gasteiger partial charge on any atom is 0.240 e. The summed E-state index contributed by atoms with van der Waals surface area (Å²) in [5.41, 5.74) is 0.380. The van der Waals surface area contributed by atoms with Crippen LogP contribution in [0.1, 0.15) is 12.0 Å². The van der Waals surface area contributed by atoms with Gasteiger partial charge in [0.2, 0.25) is 11.8 Å². The topological polar surface area (TPSA) is 52.6 Å². The van der Waals surface area contributed by atoms with E-state index < -0.39 is 0 Å². The lowest BCUT2D eigenvalue weighted by Crippen LogP contribution is -2.41. The number of carbonyl (C=O) groups excluding carboxylic acids is 2. The Labute approximate surface area is 130 Å². The van der Waals surface area contributed by atoms with E-state index in [1.165, 1.54) is 6.07 Å². The summed E-state index contributed by atoms with van der Waals surface area (Å²) in [4.78, 5) is 27.6. The molecule has 1 unspecified atom stereocenters. The van der Waals surface area contributed by atoms with Gasteiger partial charge < -0.3 is 10.2 Å². The fourth-order valence-electron chi connectivity index (χ4n) is 2.63. The first-order valence-corrected chi connectivity index (χ1v) is 7.44. The summed E-state index contributed by atoms with van der Waals surface area (Å²) < 4.78 is 13.5.